The molecule has 0 amide bonds. The summed E-state index contributed by atoms with van der Waals surface area (Å²) < 4.78 is 5.49. The summed E-state index contributed by atoms with van der Waals surface area (Å²) in [6.07, 6.45) is 9.18. The fourth-order valence-electron chi connectivity index (χ4n) is 1.41. The van der Waals surface area contributed by atoms with E-state index in [9.17, 15) is 0 Å². The van der Waals surface area contributed by atoms with Gasteiger partial charge < -0.3 is 4.74 Å². The van der Waals surface area contributed by atoms with Gasteiger partial charge >= 0.3 is 0 Å². The fourth-order valence-corrected chi connectivity index (χ4v) is 1.41. The summed E-state index contributed by atoms with van der Waals surface area (Å²) in [5, 5.41) is 0. The molecule has 0 saturated carbocycles. The second-order valence-electron chi connectivity index (χ2n) is 2.53. The van der Waals surface area contributed by atoms with E-state index in [-0.39, 0.29) is 0 Å². The standard InChI is InChI=1S/C7H10O/c1-2-6-4-5-7(3-1)8-6/h4-7H,1-3H2. The first kappa shape index (κ1) is 4.57. The van der Waals surface area contributed by atoms with Gasteiger partial charge in [-0.25, -0.2) is 0 Å². The van der Waals surface area contributed by atoms with E-state index in [1.807, 2.05) is 0 Å². The lowest BCUT2D eigenvalue weighted by molar-refractivity contribution is 0.0206. The zero-order chi connectivity index (χ0) is 5.40. The van der Waals surface area contributed by atoms with Gasteiger partial charge in [0.1, 0.15) is 0 Å². The van der Waals surface area contributed by atoms with Crippen molar-refractivity contribution < 1.29 is 4.74 Å². The molecule has 0 N–H and O–H groups in total. The molecule has 1 heteroatoms. The van der Waals surface area contributed by atoms with Crippen molar-refractivity contribution in [3.8, 4) is 0 Å². The normalized spacial score (nSPS) is 43.0. The van der Waals surface area contributed by atoms with E-state index in [1.54, 1.807) is 0 Å². The predicted molar refractivity (Wildman–Crippen MR) is 31.7 cm³/mol. The van der Waals surface area contributed by atoms with Gasteiger partial charge in [0.25, 0.3) is 0 Å². The summed E-state index contributed by atoms with van der Waals surface area (Å²) in [7, 11) is 0. The summed E-state index contributed by atoms with van der Waals surface area (Å²) >= 11 is 0. The average Bonchev–Trinajstić information content (AvgIpc) is 2.12. The van der Waals surface area contributed by atoms with Gasteiger partial charge in [0.05, 0.1) is 12.2 Å². The number of hydrogen-bond acceptors (Lipinski definition) is 1. The van der Waals surface area contributed by atoms with Gasteiger partial charge in [0.2, 0.25) is 0 Å². The molecule has 8 heavy (non-hydrogen) atoms. The van der Waals surface area contributed by atoms with E-state index in [0.717, 1.165) is 0 Å². The molecule has 0 spiro atoms. The Morgan fingerprint density at radius 1 is 1.12 bits per heavy atom. The summed E-state index contributed by atoms with van der Waals surface area (Å²) in [4.78, 5) is 0. The summed E-state index contributed by atoms with van der Waals surface area (Å²) in [6.45, 7) is 0. The second kappa shape index (κ2) is 1.59. The lowest BCUT2D eigenvalue weighted by atomic mass is 10.1. The van der Waals surface area contributed by atoms with Crippen LogP contribution in [0.2, 0.25) is 0 Å². The van der Waals surface area contributed by atoms with Crippen molar-refractivity contribution >= 4 is 0 Å². The van der Waals surface area contributed by atoms with Gasteiger partial charge in [-0.05, 0) is 19.3 Å². The molecule has 0 aromatic rings. The van der Waals surface area contributed by atoms with Crippen LogP contribution in [0.5, 0.6) is 0 Å². The maximum atomic E-state index is 5.49. The van der Waals surface area contributed by atoms with E-state index >= 15 is 0 Å². The topological polar surface area (TPSA) is 9.23 Å². The Morgan fingerprint density at radius 3 is 2.25 bits per heavy atom. The van der Waals surface area contributed by atoms with Gasteiger partial charge in [0, 0.05) is 0 Å². The SMILES string of the molecule is C1=CC2CCCC1O2. The Morgan fingerprint density at radius 2 is 1.75 bits per heavy atom. The molecule has 0 radical (unpaired) electrons. The summed E-state index contributed by atoms with van der Waals surface area (Å²) in [5.41, 5.74) is 0. The Kier molecular flexibility index (Phi) is 0.908. The van der Waals surface area contributed by atoms with E-state index in [0.29, 0.717) is 12.2 Å². The van der Waals surface area contributed by atoms with E-state index in [2.05, 4.69) is 12.2 Å². The molecule has 1 fully saturated rings. The molecular formula is C7H10O. The second-order valence-corrected chi connectivity index (χ2v) is 2.53. The highest BCUT2D eigenvalue weighted by Crippen LogP contribution is 2.25. The molecule has 0 aromatic heterocycles. The van der Waals surface area contributed by atoms with E-state index < -0.39 is 0 Å². The Balaban J connectivity index is 2.13. The molecule has 44 valence electrons. The molecule has 2 aliphatic heterocycles. The van der Waals surface area contributed by atoms with Crippen molar-refractivity contribution in [1.29, 1.82) is 0 Å². The van der Waals surface area contributed by atoms with Crippen LogP contribution in [0.3, 0.4) is 0 Å². The fraction of sp³-hybridized carbons (Fsp3) is 0.714. The predicted octanol–water partition coefficient (Wildman–Crippen LogP) is 1.49. The molecule has 0 aromatic carbocycles. The first-order valence-corrected chi connectivity index (χ1v) is 3.29. The third-order valence-electron chi connectivity index (χ3n) is 1.87. The van der Waals surface area contributed by atoms with Crippen LogP contribution in [0, 0.1) is 0 Å². The molecule has 2 aliphatic rings. The van der Waals surface area contributed by atoms with Crippen LogP contribution < -0.4 is 0 Å². The zero-order valence-electron chi connectivity index (χ0n) is 4.84. The minimum absolute atomic E-state index is 0.480. The summed E-state index contributed by atoms with van der Waals surface area (Å²) in [6, 6.07) is 0. The van der Waals surface area contributed by atoms with Crippen molar-refractivity contribution in [2.75, 3.05) is 0 Å². The zero-order valence-corrected chi connectivity index (χ0v) is 4.84. The highest BCUT2D eigenvalue weighted by molar-refractivity contribution is 5.04. The van der Waals surface area contributed by atoms with Gasteiger partial charge in [-0.2, -0.15) is 0 Å². The van der Waals surface area contributed by atoms with Crippen molar-refractivity contribution in [2.24, 2.45) is 0 Å². The van der Waals surface area contributed by atoms with E-state index in [4.69, 9.17) is 4.74 Å². The lowest BCUT2D eigenvalue weighted by Crippen LogP contribution is -2.17. The monoisotopic (exact) mass is 110 g/mol. The van der Waals surface area contributed by atoms with Crippen LogP contribution in [0.15, 0.2) is 12.2 Å². The minimum atomic E-state index is 0.480. The first-order chi connectivity index (χ1) is 3.95. The third kappa shape index (κ3) is 0.583. The highest BCUT2D eigenvalue weighted by atomic mass is 16.5. The van der Waals surface area contributed by atoms with Gasteiger partial charge in [-0.1, -0.05) is 12.2 Å². The number of fused-ring (bicyclic) bond motifs is 2. The van der Waals surface area contributed by atoms with E-state index in [1.165, 1.54) is 19.3 Å². The van der Waals surface area contributed by atoms with Crippen molar-refractivity contribution in [1.82, 2.24) is 0 Å². The smallest absolute Gasteiger partial charge is 0.0764 e. The van der Waals surface area contributed by atoms with Crippen LogP contribution in [-0.4, -0.2) is 12.2 Å². The third-order valence-corrected chi connectivity index (χ3v) is 1.87. The molecule has 1 saturated heterocycles. The van der Waals surface area contributed by atoms with Crippen LogP contribution in [-0.2, 0) is 4.74 Å². The summed E-state index contributed by atoms with van der Waals surface area (Å²) in [5.74, 6) is 0. The van der Waals surface area contributed by atoms with Crippen LogP contribution in [0.25, 0.3) is 0 Å². The average molecular weight is 110 g/mol. The number of rotatable bonds is 0. The van der Waals surface area contributed by atoms with Crippen molar-refractivity contribution in [2.45, 2.75) is 31.5 Å². The molecule has 0 aliphatic carbocycles. The molecule has 1 nitrogen and oxygen atoms in total. The van der Waals surface area contributed by atoms with Gasteiger partial charge in [-0.3, -0.25) is 0 Å². The van der Waals surface area contributed by atoms with Crippen molar-refractivity contribution in [3.05, 3.63) is 12.2 Å². The molecule has 2 unspecified atom stereocenters. The number of hydrogen-bond donors (Lipinski definition) is 0. The molecule has 2 bridgehead atoms. The van der Waals surface area contributed by atoms with Gasteiger partial charge in [-0.15, -0.1) is 0 Å². The maximum absolute atomic E-state index is 5.49. The van der Waals surface area contributed by atoms with Gasteiger partial charge in [0.15, 0.2) is 0 Å². The molecule has 2 rings (SSSR count). The van der Waals surface area contributed by atoms with Crippen LogP contribution >= 0.6 is 0 Å². The molecule has 2 atom stereocenters. The van der Waals surface area contributed by atoms with Crippen LogP contribution in [0.4, 0.5) is 0 Å². The Hall–Kier alpha value is -0.300. The number of ether oxygens (including phenoxy) is 1. The minimum Gasteiger partial charge on any atom is -0.367 e. The van der Waals surface area contributed by atoms with Crippen molar-refractivity contribution in [3.63, 3.8) is 0 Å². The Bertz CT molecular complexity index is 106. The molecule has 2 heterocycles. The highest BCUT2D eigenvalue weighted by Gasteiger charge is 2.22. The first-order valence-electron chi connectivity index (χ1n) is 3.29. The van der Waals surface area contributed by atoms with Crippen LogP contribution in [0.1, 0.15) is 19.3 Å². The quantitative estimate of drug-likeness (QED) is 0.429. The maximum Gasteiger partial charge on any atom is 0.0764 e. The largest absolute Gasteiger partial charge is 0.367 e. The lowest BCUT2D eigenvalue weighted by Gasteiger charge is -2.19. The Labute approximate surface area is 49.3 Å². The molecular weight excluding hydrogens is 100 g/mol.